The smallest absolute Gasteiger partial charge is 0.336 e. The summed E-state index contributed by atoms with van der Waals surface area (Å²) in [6.45, 7) is 0.558. The molecular weight excluding hydrogens is 296 g/mol. The van der Waals surface area contributed by atoms with E-state index in [-0.39, 0.29) is 13.2 Å². The topological polar surface area (TPSA) is 112 Å². The highest BCUT2D eigenvalue weighted by Gasteiger charge is 2.29. The van der Waals surface area contributed by atoms with Crippen molar-refractivity contribution in [2.24, 2.45) is 0 Å². The largest absolute Gasteiger partial charge is 0.423 e. The molecule has 0 saturated heterocycles. The van der Waals surface area contributed by atoms with E-state index in [1.54, 1.807) is 12.2 Å². The zero-order valence-electron chi connectivity index (χ0n) is 11.2. The van der Waals surface area contributed by atoms with E-state index in [2.05, 4.69) is 0 Å². The third kappa shape index (κ3) is 2.85. The summed E-state index contributed by atoms with van der Waals surface area (Å²) in [4.78, 5) is 21.3. The van der Waals surface area contributed by atoms with Gasteiger partial charge in [-0.2, -0.15) is 0 Å². The minimum absolute atomic E-state index is 0.279. The molecule has 0 aromatic heterocycles. The van der Waals surface area contributed by atoms with Crippen LogP contribution in [0.25, 0.3) is 0 Å². The highest BCUT2D eigenvalue weighted by molar-refractivity contribution is 5.89. The average molecular weight is 308 g/mol. The van der Waals surface area contributed by atoms with Gasteiger partial charge in [0.1, 0.15) is 11.5 Å². The molecule has 8 heteroatoms. The van der Waals surface area contributed by atoms with Gasteiger partial charge < -0.3 is 29.2 Å². The van der Waals surface area contributed by atoms with Gasteiger partial charge in [-0.15, -0.1) is 0 Å². The summed E-state index contributed by atoms with van der Waals surface area (Å²) in [5.74, 6) is -0.0471. The Morgan fingerprint density at radius 1 is 0.818 bits per heavy atom. The van der Waals surface area contributed by atoms with Gasteiger partial charge in [0.15, 0.2) is 12.6 Å². The Kier molecular flexibility index (Phi) is 3.90. The van der Waals surface area contributed by atoms with Gasteiger partial charge in [-0.3, -0.25) is 0 Å². The van der Waals surface area contributed by atoms with Gasteiger partial charge in [-0.25, -0.2) is 9.59 Å². The maximum Gasteiger partial charge on any atom is 0.336 e. The van der Waals surface area contributed by atoms with Crippen LogP contribution in [-0.2, 0) is 28.5 Å². The van der Waals surface area contributed by atoms with Crippen LogP contribution in [0.3, 0.4) is 0 Å². The Balaban J connectivity index is 0.000000131. The maximum atomic E-state index is 10.6. The summed E-state index contributed by atoms with van der Waals surface area (Å²) >= 11 is 0. The first-order valence-electron chi connectivity index (χ1n) is 6.42. The van der Waals surface area contributed by atoms with Crippen molar-refractivity contribution in [2.45, 2.75) is 12.6 Å². The van der Waals surface area contributed by atoms with Crippen LogP contribution in [0.1, 0.15) is 0 Å². The van der Waals surface area contributed by atoms with Crippen LogP contribution < -0.4 is 0 Å². The van der Waals surface area contributed by atoms with Crippen LogP contribution in [0, 0.1) is 0 Å². The SMILES string of the molecule is O=C1C=C2C(=CCOC2O)O1.O=C1C=C2C(=CCOC2O)O1. The number of rotatable bonds is 0. The van der Waals surface area contributed by atoms with Gasteiger partial charge in [0, 0.05) is 12.2 Å². The Morgan fingerprint density at radius 2 is 1.23 bits per heavy atom. The molecule has 0 aromatic rings. The molecule has 4 rings (SSSR count). The Morgan fingerprint density at radius 3 is 1.59 bits per heavy atom. The number of hydrogen-bond donors (Lipinski definition) is 2. The van der Waals surface area contributed by atoms with Crippen molar-refractivity contribution in [1.82, 2.24) is 0 Å². The lowest BCUT2D eigenvalue weighted by Gasteiger charge is -2.16. The third-order valence-electron chi connectivity index (χ3n) is 3.11. The van der Waals surface area contributed by atoms with E-state index >= 15 is 0 Å². The fraction of sp³-hybridized carbons (Fsp3) is 0.286. The van der Waals surface area contributed by atoms with E-state index < -0.39 is 24.5 Å². The molecule has 2 unspecified atom stereocenters. The van der Waals surface area contributed by atoms with Gasteiger partial charge in [0.25, 0.3) is 0 Å². The molecule has 0 aromatic carbocycles. The van der Waals surface area contributed by atoms with E-state index in [1.807, 2.05) is 0 Å². The predicted octanol–water partition coefficient (Wildman–Crippen LogP) is -0.596. The van der Waals surface area contributed by atoms with Crippen molar-refractivity contribution in [3.8, 4) is 0 Å². The van der Waals surface area contributed by atoms with Gasteiger partial charge >= 0.3 is 11.9 Å². The van der Waals surface area contributed by atoms with Crippen LogP contribution in [0.5, 0.6) is 0 Å². The van der Waals surface area contributed by atoms with Crippen LogP contribution in [0.2, 0.25) is 0 Å². The molecule has 2 N–H and O–H groups in total. The summed E-state index contributed by atoms with van der Waals surface area (Å²) in [6, 6.07) is 0. The number of carbonyl (C=O) groups is 2. The van der Waals surface area contributed by atoms with Gasteiger partial charge in [0.05, 0.1) is 24.4 Å². The monoisotopic (exact) mass is 308 g/mol. The summed E-state index contributed by atoms with van der Waals surface area (Å²) in [5, 5.41) is 18.3. The number of carbonyl (C=O) groups excluding carboxylic acids is 2. The van der Waals surface area contributed by atoms with E-state index in [0.717, 1.165) is 0 Å². The molecule has 4 aliphatic heterocycles. The number of ether oxygens (including phenoxy) is 4. The van der Waals surface area contributed by atoms with E-state index in [1.165, 1.54) is 12.2 Å². The molecule has 0 radical (unpaired) electrons. The highest BCUT2D eigenvalue weighted by Crippen LogP contribution is 2.27. The number of aliphatic hydroxyl groups is 2. The molecule has 0 aliphatic carbocycles. The summed E-state index contributed by atoms with van der Waals surface area (Å²) < 4.78 is 19.1. The molecular formula is C14H12O8. The summed E-state index contributed by atoms with van der Waals surface area (Å²) in [7, 11) is 0. The lowest BCUT2D eigenvalue weighted by Crippen LogP contribution is -2.19. The van der Waals surface area contributed by atoms with Crippen molar-refractivity contribution < 1.29 is 38.7 Å². The molecule has 0 saturated carbocycles. The fourth-order valence-electron chi connectivity index (χ4n) is 2.10. The van der Waals surface area contributed by atoms with Crippen LogP contribution >= 0.6 is 0 Å². The van der Waals surface area contributed by atoms with E-state index in [4.69, 9.17) is 29.2 Å². The van der Waals surface area contributed by atoms with Crippen molar-refractivity contribution >= 4 is 11.9 Å². The predicted molar refractivity (Wildman–Crippen MR) is 68.4 cm³/mol. The second-order valence-electron chi connectivity index (χ2n) is 4.55. The Labute approximate surface area is 124 Å². The second-order valence-corrected chi connectivity index (χ2v) is 4.55. The zero-order chi connectivity index (χ0) is 15.7. The molecule has 4 aliphatic rings. The zero-order valence-corrected chi connectivity index (χ0v) is 11.2. The number of fused-ring (bicyclic) bond motifs is 2. The van der Waals surface area contributed by atoms with Crippen LogP contribution in [-0.4, -0.2) is 47.9 Å². The third-order valence-corrected chi connectivity index (χ3v) is 3.11. The molecule has 8 nitrogen and oxygen atoms in total. The average Bonchev–Trinajstić information content (AvgIpc) is 3.03. The number of esters is 2. The normalized spacial score (nSPS) is 28.8. The standard InChI is InChI=1S/2C7H6O4/c2*8-6-3-4-5(11-6)1-2-10-7(4)9/h2*1,3,7,9H,2H2. The lowest BCUT2D eigenvalue weighted by atomic mass is 10.2. The minimum atomic E-state index is -1.01. The molecule has 0 bridgehead atoms. The Bertz CT molecular complexity index is 583. The first-order chi connectivity index (χ1) is 10.5. The van der Waals surface area contributed by atoms with E-state index in [0.29, 0.717) is 22.7 Å². The fourth-order valence-corrected chi connectivity index (χ4v) is 2.10. The minimum Gasteiger partial charge on any atom is -0.423 e. The summed E-state index contributed by atoms with van der Waals surface area (Å²) in [5.41, 5.74) is 0.836. The number of aliphatic hydroxyl groups excluding tert-OH is 2. The molecule has 4 heterocycles. The molecule has 22 heavy (non-hydrogen) atoms. The van der Waals surface area contributed by atoms with Crippen molar-refractivity contribution in [1.29, 1.82) is 0 Å². The van der Waals surface area contributed by atoms with Gasteiger partial charge in [-0.1, -0.05) is 0 Å². The van der Waals surface area contributed by atoms with Crippen molar-refractivity contribution in [3.05, 3.63) is 47.0 Å². The number of hydrogen-bond acceptors (Lipinski definition) is 8. The second kappa shape index (κ2) is 5.85. The lowest BCUT2D eigenvalue weighted by molar-refractivity contribution is -0.133. The van der Waals surface area contributed by atoms with Crippen molar-refractivity contribution in [3.63, 3.8) is 0 Å². The van der Waals surface area contributed by atoms with Gasteiger partial charge in [-0.05, 0) is 12.2 Å². The molecule has 116 valence electrons. The van der Waals surface area contributed by atoms with Crippen LogP contribution in [0.4, 0.5) is 0 Å². The highest BCUT2D eigenvalue weighted by atomic mass is 16.6. The molecule has 2 atom stereocenters. The maximum absolute atomic E-state index is 10.6. The first kappa shape index (κ1) is 14.7. The van der Waals surface area contributed by atoms with Crippen LogP contribution in [0.15, 0.2) is 47.0 Å². The van der Waals surface area contributed by atoms with Gasteiger partial charge in [0.2, 0.25) is 0 Å². The quantitative estimate of drug-likeness (QED) is 0.571. The Hall–Kier alpha value is -2.26. The molecule has 0 amide bonds. The molecule has 0 fully saturated rings. The summed E-state index contributed by atoms with van der Waals surface area (Å²) in [6.07, 6.45) is 3.67. The van der Waals surface area contributed by atoms with Crippen molar-refractivity contribution in [2.75, 3.05) is 13.2 Å². The molecule has 0 spiro atoms. The first-order valence-corrected chi connectivity index (χ1v) is 6.42. The van der Waals surface area contributed by atoms with E-state index in [9.17, 15) is 9.59 Å².